The van der Waals surface area contributed by atoms with E-state index in [0.717, 1.165) is 45.2 Å². The van der Waals surface area contributed by atoms with Crippen molar-refractivity contribution in [1.29, 1.82) is 0 Å². The molecule has 0 aromatic carbocycles. The minimum absolute atomic E-state index is 0.185. The van der Waals surface area contributed by atoms with Gasteiger partial charge in [0.2, 0.25) is 5.91 Å². The average Bonchev–Trinajstić information content (AvgIpc) is 2.39. The van der Waals surface area contributed by atoms with Gasteiger partial charge in [-0.05, 0) is 38.9 Å². The van der Waals surface area contributed by atoms with Crippen molar-refractivity contribution >= 4 is 5.91 Å². The summed E-state index contributed by atoms with van der Waals surface area (Å²) in [7, 11) is 1.91. The molecule has 2 saturated heterocycles. The van der Waals surface area contributed by atoms with Gasteiger partial charge >= 0.3 is 0 Å². The lowest BCUT2D eigenvalue weighted by Gasteiger charge is -2.37. The largest absolute Gasteiger partial charge is 0.374 e. The van der Waals surface area contributed by atoms with Gasteiger partial charge in [0.15, 0.2) is 0 Å². The summed E-state index contributed by atoms with van der Waals surface area (Å²) in [5.74, 6) is 0.485. The lowest BCUT2D eigenvalue weighted by molar-refractivity contribution is -0.119. The van der Waals surface area contributed by atoms with Gasteiger partial charge in [-0.3, -0.25) is 14.6 Å². The Kier molecular flexibility index (Phi) is 6.22. The second-order valence-electron chi connectivity index (χ2n) is 6.13. The third-order valence-electron chi connectivity index (χ3n) is 4.08. The normalized spacial score (nSPS) is 28.7. The molecule has 2 aliphatic heterocycles. The van der Waals surface area contributed by atoms with Gasteiger partial charge in [0.25, 0.3) is 0 Å². The summed E-state index contributed by atoms with van der Waals surface area (Å²) in [5, 5.41) is 3.47. The fraction of sp³-hybridized carbons (Fsp3) is 0.929. The number of hydrogen-bond donors (Lipinski definition) is 2. The minimum Gasteiger partial charge on any atom is -0.374 e. The molecule has 0 aromatic heterocycles. The summed E-state index contributed by atoms with van der Waals surface area (Å²) in [6, 6.07) is 0. The molecule has 20 heavy (non-hydrogen) atoms. The molecule has 6 nitrogen and oxygen atoms in total. The first-order chi connectivity index (χ1) is 9.63. The molecule has 116 valence electrons. The van der Waals surface area contributed by atoms with Crippen molar-refractivity contribution in [2.24, 2.45) is 11.7 Å². The van der Waals surface area contributed by atoms with Gasteiger partial charge in [0, 0.05) is 26.2 Å². The zero-order chi connectivity index (χ0) is 14.4. The summed E-state index contributed by atoms with van der Waals surface area (Å²) < 4.78 is 5.80. The van der Waals surface area contributed by atoms with Crippen LogP contribution >= 0.6 is 0 Å². The molecular weight excluding hydrogens is 256 g/mol. The van der Waals surface area contributed by atoms with Crippen molar-refractivity contribution < 1.29 is 9.53 Å². The van der Waals surface area contributed by atoms with Gasteiger partial charge in [-0.15, -0.1) is 0 Å². The lowest BCUT2D eigenvalue weighted by atomic mass is 9.99. The molecule has 0 aromatic rings. The van der Waals surface area contributed by atoms with E-state index < -0.39 is 0 Å². The van der Waals surface area contributed by atoms with E-state index in [2.05, 4.69) is 10.2 Å². The number of carbonyl (C=O) groups is 1. The van der Waals surface area contributed by atoms with Crippen LogP contribution in [0.2, 0.25) is 0 Å². The number of hydrogen-bond acceptors (Lipinski definition) is 5. The molecule has 0 saturated carbocycles. The molecule has 2 atom stereocenters. The zero-order valence-electron chi connectivity index (χ0n) is 12.5. The highest BCUT2D eigenvalue weighted by Gasteiger charge is 2.24. The number of amides is 1. The van der Waals surface area contributed by atoms with Crippen LogP contribution in [-0.2, 0) is 9.53 Å². The predicted molar refractivity (Wildman–Crippen MR) is 78.5 cm³/mol. The van der Waals surface area contributed by atoms with E-state index in [4.69, 9.17) is 10.5 Å². The van der Waals surface area contributed by atoms with Crippen molar-refractivity contribution in [3.05, 3.63) is 0 Å². The van der Waals surface area contributed by atoms with Crippen molar-refractivity contribution in [3.63, 3.8) is 0 Å². The smallest absolute Gasteiger partial charge is 0.231 e. The van der Waals surface area contributed by atoms with Crippen LogP contribution in [-0.4, -0.2) is 81.3 Å². The molecule has 1 amide bonds. The van der Waals surface area contributed by atoms with E-state index in [9.17, 15) is 4.79 Å². The highest BCUT2D eigenvalue weighted by molar-refractivity contribution is 5.75. The number of likely N-dealkylation sites (N-methyl/N-ethyl adjacent to an activating group) is 1. The fourth-order valence-electron chi connectivity index (χ4n) is 3.18. The number of nitrogens with one attached hydrogen (secondary N) is 1. The van der Waals surface area contributed by atoms with Crippen LogP contribution in [0.25, 0.3) is 0 Å². The van der Waals surface area contributed by atoms with Gasteiger partial charge in [0.1, 0.15) is 0 Å². The average molecular weight is 284 g/mol. The van der Waals surface area contributed by atoms with Gasteiger partial charge in [0.05, 0.1) is 19.3 Å². The molecule has 2 unspecified atom stereocenters. The first-order valence-electron chi connectivity index (χ1n) is 7.65. The maximum absolute atomic E-state index is 10.9. The Bertz CT molecular complexity index is 308. The summed E-state index contributed by atoms with van der Waals surface area (Å²) in [6.07, 6.45) is 2.81. The standard InChI is InChI=1S/C14H28N4O2/c1-17(11-14(15)19)9-13-10-18(5-6-20-13)8-12-3-2-4-16-7-12/h12-13,16H,2-11H2,1H3,(H2,15,19). The van der Waals surface area contributed by atoms with Crippen LogP contribution in [0.4, 0.5) is 0 Å². The zero-order valence-corrected chi connectivity index (χ0v) is 12.5. The lowest BCUT2D eigenvalue weighted by Crippen LogP contribution is -2.50. The quantitative estimate of drug-likeness (QED) is 0.662. The molecule has 0 aliphatic carbocycles. The van der Waals surface area contributed by atoms with E-state index in [1.807, 2.05) is 11.9 Å². The van der Waals surface area contributed by atoms with Crippen LogP contribution in [0.5, 0.6) is 0 Å². The number of nitrogens with zero attached hydrogens (tertiary/aromatic N) is 2. The number of ether oxygens (including phenoxy) is 1. The topological polar surface area (TPSA) is 70.8 Å². The Morgan fingerprint density at radius 1 is 1.55 bits per heavy atom. The first-order valence-corrected chi connectivity index (χ1v) is 7.65. The summed E-state index contributed by atoms with van der Waals surface area (Å²) in [4.78, 5) is 15.3. The van der Waals surface area contributed by atoms with Crippen molar-refractivity contribution in [1.82, 2.24) is 15.1 Å². The van der Waals surface area contributed by atoms with E-state index in [1.54, 1.807) is 0 Å². The second kappa shape index (κ2) is 7.93. The SMILES string of the molecule is CN(CC(N)=O)CC1CN(CC2CCCNC2)CCO1. The van der Waals surface area contributed by atoms with Crippen LogP contribution < -0.4 is 11.1 Å². The summed E-state index contributed by atoms with van der Waals surface area (Å²) in [6.45, 7) is 7.30. The molecule has 0 radical (unpaired) electrons. The van der Waals surface area contributed by atoms with E-state index in [0.29, 0.717) is 6.54 Å². The minimum atomic E-state index is -0.284. The molecule has 2 aliphatic rings. The van der Waals surface area contributed by atoms with Crippen molar-refractivity contribution in [2.45, 2.75) is 18.9 Å². The van der Waals surface area contributed by atoms with Crippen LogP contribution in [0, 0.1) is 5.92 Å². The Morgan fingerprint density at radius 3 is 3.10 bits per heavy atom. The Balaban J connectivity index is 1.71. The molecule has 2 fully saturated rings. The van der Waals surface area contributed by atoms with Crippen LogP contribution in [0.3, 0.4) is 0 Å². The molecule has 3 N–H and O–H groups in total. The summed E-state index contributed by atoms with van der Waals surface area (Å²) >= 11 is 0. The highest BCUT2D eigenvalue weighted by atomic mass is 16.5. The third-order valence-corrected chi connectivity index (χ3v) is 4.08. The number of primary amides is 1. The molecule has 0 spiro atoms. The highest BCUT2D eigenvalue weighted by Crippen LogP contribution is 2.14. The third kappa shape index (κ3) is 5.36. The van der Waals surface area contributed by atoms with Crippen LogP contribution in [0.1, 0.15) is 12.8 Å². The van der Waals surface area contributed by atoms with Gasteiger partial charge in [-0.25, -0.2) is 0 Å². The van der Waals surface area contributed by atoms with Crippen molar-refractivity contribution in [3.8, 4) is 0 Å². The first kappa shape index (κ1) is 15.7. The molecule has 6 heteroatoms. The van der Waals surface area contributed by atoms with E-state index >= 15 is 0 Å². The molecular formula is C14H28N4O2. The fourth-order valence-corrected chi connectivity index (χ4v) is 3.18. The number of rotatable bonds is 6. The second-order valence-corrected chi connectivity index (χ2v) is 6.13. The number of morpholine rings is 1. The Morgan fingerprint density at radius 2 is 2.40 bits per heavy atom. The Labute approximate surface area is 121 Å². The molecule has 2 heterocycles. The maximum Gasteiger partial charge on any atom is 0.231 e. The monoisotopic (exact) mass is 284 g/mol. The van der Waals surface area contributed by atoms with Gasteiger partial charge < -0.3 is 15.8 Å². The van der Waals surface area contributed by atoms with Gasteiger partial charge in [-0.1, -0.05) is 0 Å². The number of carbonyl (C=O) groups excluding carboxylic acids is 1. The molecule has 2 rings (SSSR count). The summed E-state index contributed by atoms with van der Waals surface area (Å²) in [5.41, 5.74) is 5.21. The van der Waals surface area contributed by atoms with Crippen molar-refractivity contribution in [2.75, 3.05) is 59.5 Å². The van der Waals surface area contributed by atoms with Crippen LogP contribution in [0.15, 0.2) is 0 Å². The predicted octanol–water partition coefficient (Wildman–Crippen LogP) is -0.896. The number of piperidine rings is 1. The van der Waals surface area contributed by atoms with Gasteiger partial charge in [-0.2, -0.15) is 0 Å². The van der Waals surface area contributed by atoms with E-state index in [-0.39, 0.29) is 12.0 Å². The number of nitrogens with two attached hydrogens (primary N) is 1. The van der Waals surface area contributed by atoms with E-state index in [1.165, 1.54) is 19.4 Å². The maximum atomic E-state index is 10.9. The molecule has 0 bridgehead atoms. The Hall–Kier alpha value is -0.690.